The van der Waals surface area contributed by atoms with Crippen LogP contribution in [-0.2, 0) is 20.5 Å². The van der Waals surface area contributed by atoms with Gasteiger partial charge in [-0.1, -0.05) is 60.7 Å². The number of halogens is 3. The molecule has 4 aromatic carbocycles. The number of benzene rings is 4. The molecule has 0 aromatic heterocycles. The fraction of sp³-hybridized carbons (Fsp3) is 0.270. The number of carbonyl (C=O) groups is 3. The predicted octanol–water partition coefficient (Wildman–Crippen LogP) is 7.30. The first-order valence-corrected chi connectivity index (χ1v) is 15.5. The Bertz CT molecular complexity index is 1670. The lowest BCUT2D eigenvalue weighted by Crippen LogP contribution is -2.40. The van der Waals surface area contributed by atoms with Gasteiger partial charge in [-0.15, -0.1) is 0 Å². The summed E-state index contributed by atoms with van der Waals surface area (Å²) in [5.74, 6) is -1.05. The molecule has 2 amide bonds. The maximum absolute atomic E-state index is 13.3. The second kappa shape index (κ2) is 15.0. The van der Waals surface area contributed by atoms with Gasteiger partial charge in [0.15, 0.2) is 0 Å². The van der Waals surface area contributed by atoms with E-state index >= 15 is 0 Å². The first-order chi connectivity index (χ1) is 22.6. The number of anilines is 2. The highest BCUT2D eigenvalue weighted by Gasteiger charge is 2.33. The maximum Gasteiger partial charge on any atom is 0.416 e. The van der Waals surface area contributed by atoms with Crippen molar-refractivity contribution in [2.24, 2.45) is 5.92 Å². The van der Waals surface area contributed by atoms with Crippen LogP contribution in [0.1, 0.15) is 46.7 Å². The van der Waals surface area contributed by atoms with Gasteiger partial charge in [0.1, 0.15) is 0 Å². The van der Waals surface area contributed by atoms with Crippen LogP contribution >= 0.6 is 0 Å². The lowest BCUT2D eigenvalue weighted by Gasteiger charge is -2.37. The van der Waals surface area contributed by atoms with Crippen LogP contribution < -0.4 is 15.5 Å². The summed E-state index contributed by atoms with van der Waals surface area (Å²) in [6.45, 7) is 1.71. The monoisotopic (exact) mass is 643 g/mol. The summed E-state index contributed by atoms with van der Waals surface area (Å²) in [5, 5.41) is 5.81. The molecule has 10 heteroatoms. The van der Waals surface area contributed by atoms with Crippen LogP contribution in [0.4, 0.5) is 24.5 Å². The van der Waals surface area contributed by atoms with E-state index in [0.717, 1.165) is 49.3 Å². The minimum Gasteiger partial charge on any atom is -0.469 e. The van der Waals surface area contributed by atoms with Gasteiger partial charge in [-0.3, -0.25) is 14.4 Å². The minimum atomic E-state index is -4.44. The highest BCUT2D eigenvalue weighted by atomic mass is 19.4. The first kappa shape index (κ1) is 33.2. The van der Waals surface area contributed by atoms with Crippen molar-refractivity contribution in [2.75, 3.05) is 37.0 Å². The maximum atomic E-state index is 13.3. The van der Waals surface area contributed by atoms with E-state index in [1.165, 1.54) is 19.2 Å². The zero-order valence-corrected chi connectivity index (χ0v) is 25.9. The normalized spacial score (nSPS) is 14.3. The third-order valence-electron chi connectivity index (χ3n) is 8.49. The average molecular weight is 644 g/mol. The summed E-state index contributed by atoms with van der Waals surface area (Å²) in [4.78, 5) is 40.3. The SMILES string of the molecule is COC(=O)CCNC(=O)C(c1ccccc1)C1CCN(c2ccc(NC(=O)c3ccccc3-c3ccc(C(F)(F)F)cc3)cc2)CC1. The number of hydrogen-bond acceptors (Lipinski definition) is 5. The van der Waals surface area contributed by atoms with E-state index in [2.05, 4.69) is 20.3 Å². The lowest BCUT2D eigenvalue weighted by molar-refractivity contribution is -0.140. The zero-order valence-electron chi connectivity index (χ0n) is 25.9. The molecule has 0 spiro atoms. The molecule has 0 aliphatic carbocycles. The molecule has 1 unspecified atom stereocenters. The smallest absolute Gasteiger partial charge is 0.416 e. The van der Waals surface area contributed by atoms with Gasteiger partial charge in [-0.25, -0.2) is 0 Å². The quantitative estimate of drug-likeness (QED) is 0.177. The molecular formula is C37H36F3N3O4. The van der Waals surface area contributed by atoms with Gasteiger partial charge in [-0.05, 0) is 77.9 Å². The Hall–Kier alpha value is -5.12. The van der Waals surface area contributed by atoms with E-state index in [-0.39, 0.29) is 42.6 Å². The fourth-order valence-corrected chi connectivity index (χ4v) is 6.01. The summed E-state index contributed by atoms with van der Waals surface area (Å²) < 4.78 is 43.8. The van der Waals surface area contributed by atoms with E-state index in [1.807, 2.05) is 54.6 Å². The Morgan fingerprint density at radius 2 is 1.49 bits per heavy atom. The third-order valence-corrected chi connectivity index (χ3v) is 8.49. The number of piperidine rings is 1. The van der Waals surface area contributed by atoms with Crippen molar-refractivity contribution in [3.63, 3.8) is 0 Å². The van der Waals surface area contributed by atoms with Crippen LogP contribution in [0, 0.1) is 5.92 Å². The summed E-state index contributed by atoms with van der Waals surface area (Å²) in [6.07, 6.45) is -2.73. The Morgan fingerprint density at radius 1 is 0.851 bits per heavy atom. The largest absolute Gasteiger partial charge is 0.469 e. The van der Waals surface area contributed by atoms with Crippen LogP contribution in [0.2, 0.25) is 0 Å². The predicted molar refractivity (Wildman–Crippen MR) is 175 cm³/mol. The number of methoxy groups -OCH3 is 1. The van der Waals surface area contributed by atoms with Gasteiger partial charge in [0, 0.05) is 36.6 Å². The van der Waals surface area contributed by atoms with Crippen LogP contribution in [0.25, 0.3) is 11.1 Å². The number of hydrogen-bond donors (Lipinski definition) is 2. The van der Waals surface area contributed by atoms with Crippen LogP contribution in [0.3, 0.4) is 0 Å². The van der Waals surface area contributed by atoms with Crippen molar-refractivity contribution < 1.29 is 32.3 Å². The second-order valence-corrected chi connectivity index (χ2v) is 11.5. The summed E-state index contributed by atoms with van der Waals surface area (Å²) in [6, 6.07) is 28.8. The topological polar surface area (TPSA) is 87.7 Å². The summed E-state index contributed by atoms with van der Waals surface area (Å²) in [5.41, 5.74) is 3.16. The molecule has 1 aliphatic heterocycles. The lowest BCUT2D eigenvalue weighted by atomic mass is 9.79. The average Bonchev–Trinajstić information content (AvgIpc) is 3.09. The standard InChI is InChI=1S/C37H36F3N3O4/c1-47-33(44)19-22-41-36(46)34(26-7-3-2-4-8-26)27-20-23-43(24-21-27)30-17-15-29(16-18-30)42-35(45)32-10-6-5-9-31(32)25-11-13-28(14-12-25)37(38,39)40/h2-18,27,34H,19-24H2,1H3,(H,41,46)(H,42,45). The molecule has 1 fully saturated rings. The van der Waals surface area contributed by atoms with E-state index in [1.54, 1.807) is 24.3 Å². The summed E-state index contributed by atoms with van der Waals surface area (Å²) >= 11 is 0. The van der Waals surface area contributed by atoms with Crippen molar-refractivity contribution in [3.05, 3.63) is 120 Å². The molecule has 0 saturated carbocycles. The molecule has 1 aliphatic rings. The molecule has 244 valence electrons. The Kier molecular flexibility index (Phi) is 10.6. The van der Waals surface area contributed by atoms with Crippen molar-refractivity contribution in [1.82, 2.24) is 5.32 Å². The Balaban J connectivity index is 1.21. The number of alkyl halides is 3. The molecule has 7 nitrogen and oxygen atoms in total. The molecule has 1 heterocycles. The molecular weight excluding hydrogens is 607 g/mol. The third kappa shape index (κ3) is 8.38. The molecule has 47 heavy (non-hydrogen) atoms. The van der Waals surface area contributed by atoms with Crippen molar-refractivity contribution >= 4 is 29.2 Å². The minimum absolute atomic E-state index is 0.0986. The number of nitrogens with zero attached hydrogens (tertiary/aromatic N) is 1. The van der Waals surface area contributed by atoms with Gasteiger partial charge in [0.2, 0.25) is 5.91 Å². The highest BCUT2D eigenvalue weighted by Crippen LogP contribution is 2.35. The molecule has 2 N–H and O–H groups in total. The number of ether oxygens (including phenoxy) is 1. The number of carbonyl (C=O) groups excluding carboxylic acids is 3. The van der Waals surface area contributed by atoms with Crippen molar-refractivity contribution in [1.29, 1.82) is 0 Å². The molecule has 0 bridgehead atoms. The number of amides is 2. The van der Waals surface area contributed by atoms with Gasteiger partial charge >= 0.3 is 12.1 Å². The van der Waals surface area contributed by atoms with Gasteiger partial charge < -0.3 is 20.3 Å². The molecule has 5 rings (SSSR count). The second-order valence-electron chi connectivity index (χ2n) is 11.5. The Labute approximate surface area is 271 Å². The van der Waals surface area contributed by atoms with E-state index in [9.17, 15) is 27.6 Å². The van der Waals surface area contributed by atoms with E-state index in [4.69, 9.17) is 0 Å². The van der Waals surface area contributed by atoms with Gasteiger partial charge in [-0.2, -0.15) is 13.2 Å². The van der Waals surface area contributed by atoms with Crippen molar-refractivity contribution in [3.8, 4) is 11.1 Å². The first-order valence-electron chi connectivity index (χ1n) is 15.5. The molecule has 1 saturated heterocycles. The Morgan fingerprint density at radius 3 is 2.13 bits per heavy atom. The van der Waals surface area contributed by atoms with Gasteiger partial charge in [0.05, 0.1) is 25.0 Å². The molecule has 0 radical (unpaired) electrons. The summed E-state index contributed by atoms with van der Waals surface area (Å²) in [7, 11) is 1.32. The molecule has 4 aromatic rings. The van der Waals surface area contributed by atoms with E-state index < -0.39 is 11.7 Å². The van der Waals surface area contributed by atoms with Crippen LogP contribution in [0.5, 0.6) is 0 Å². The van der Waals surface area contributed by atoms with Crippen molar-refractivity contribution in [2.45, 2.75) is 31.4 Å². The zero-order chi connectivity index (χ0) is 33.4. The number of esters is 1. The van der Waals surface area contributed by atoms with E-state index in [0.29, 0.717) is 22.4 Å². The number of nitrogens with one attached hydrogen (secondary N) is 2. The van der Waals surface area contributed by atoms with Gasteiger partial charge in [0.25, 0.3) is 5.91 Å². The molecule has 1 atom stereocenters. The fourth-order valence-electron chi connectivity index (χ4n) is 6.01. The number of rotatable bonds is 10. The van der Waals surface area contributed by atoms with Crippen LogP contribution in [0.15, 0.2) is 103 Å². The highest BCUT2D eigenvalue weighted by molar-refractivity contribution is 6.08. The van der Waals surface area contributed by atoms with Crippen LogP contribution in [-0.4, -0.2) is 44.5 Å².